The number of methoxy groups -OCH3 is 1. The van der Waals surface area contributed by atoms with Crippen LogP contribution < -0.4 is 4.74 Å². The van der Waals surface area contributed by atoms with E-state index in [1.54, 1.807) is 7.11 Å². The molecule has 0 aliphatic carbocycles. The van der Waals surface area contributed by atoms with Crippen molar-refractivity contribution < 1.29 is 9.66 Å². The highest BCUT2D eigenvalue weighted by Gasteiger charge is 2.07. The predicted octanol–water partition coefficient (Wildman–Crippen LogP) is 3.11. The summed E-state index contributed by atoms with van der Waals surface area (Å²) >= 11 is 0. The van der Waals surface area contributed by atoms with E-state index < -0.39 is 0 Å². The van der Waals surface area contributed by atoms with E-state index in [0.29, 0.717) is 6.42 Å². The Kier molecular flexibility index (Phi) is 4.71. The Labute approximate surface area is 118 Å². The monoisotopic (exact) mass is 271 g/mol. The zero-order chi connectivity index (χ0) is 14.4. The van der Waals surface area contributed by atoms with Crippen LogP contribution in [0.3, 0.4) is 0 Å². The Morgan fingerprint density at radius 2 is 1.85 bits per heavy atom. The van der Waals surface area contributed by atoms with Crippen molar-refractivity contribution in [3.8, 4) is 5.75 Å². The van der Waals surface area contributed by atoms with Gasteiger partial charge in [0.05, 0.1) is 7.11 Å². The Morgan fingerprint density at radius 1 is 1.10 bits per heavy atom. The van der Waals surface area contributed by atoms with Crippen LogP contribution in [0.4, 0.5) is 0 Å². The average molecular weight is 271 g/mol. The standard InChI is InChI=1S/C16H17NO3/c1-20-16-12-14(9-10-17(18)19)7-8-15(16)11-13-5-3-2-4-6-13/h2-8,12H,9-11H2,1H3. The molecule has 0 amide bonds. The first-order valence-electron chi connectivity index (χ1n) is 6.50. The maximum Gasteiger partial charge on any atom is 0.207 e. The van der Waals surface area contributed by atoms with E-state index >= 15 is 0 Å². The Bertz CT molecular complexity index is 582. The topological polar surface area (TPSA) is 52.4 Å². The van der Waals surface area contributed by atoms with E-state index in [9.17, 15) is 10.1 Å². The maximum atomic E-state index is 10.4. The number of nitro groups is 1. The molecule has 0 aromatic heterocycles. The van der Waals surface area contributed by atoms with Crippen molar-refractivity contribution in [2.24, 2.45) is 0 Å². The highest BCUT2D eigenvalue weighted by atomic mass is 16.6. The Morgan fingerprint density at radius 3 is 2.50 bits per heavy atom. The van der Waals surface area contributed by atoms with Gasteiger partial charge in [-0.25, -0.2) is 0 Å². The fourth-order valence-electron chi connectivity index (χ4n) is 2.13. The van der Waals surface area contributed by atoms with Gasteiger partial charge in [0.2, 0.25) is 6.54 Å². The fourth-order valence-corrected chi connectivity index (χ4v) is 2.13. The summed E-state index contributed by atoms with van der Waals surface area (Å²) < 4.78 is 5.40. The third-order valence-corrected chi connectivity index (χ3v) is 3.17. The summed E-state index contributed by atoms with van der Waals surface area (Å²) in [6.07, 6.45) is 1.22. The van der Waals surface area contributed by atoms with Gasteiger partial charge in [-0.15, -0.1) is 0 Å². The van der Waals surface area contributed by atoms with Crippen molar-refractivity contribution in [1.82, 2.24) is 0 Å². The molecule has 0 saturated carbocycles. The van der Waals surface area contributed by atoms with Crippen molar-refractivity contribution in [3.05, 3.63) is 75.3 Å². The molecule has 2 aromatic carbocycles. The first-order chi connectivity index (χ1) is 9.69. The van der Waals surface area contributed by atoms with Gasteiger partial charge >= 0.3 is 0 Å². The summed E-state index contributed by atoms with van der Waals surface area (Å²) in [6.45, 7) is -0.0544. The Hall–Kier alpha value is -2.36. The van der Waals surface area contributed by atoms with Gasteiger partial charge in [-0.3, -0.25) is 10.1 Å². The molecule has 0 unspecified atom stereocenters. The van der Waals surface area contributed by atoms with Crippen LogP contribution in [-0.4, -0.2) is 18.6 Å². The van der Waals surface area contributed by atoms with E-state index in [1.807, 2.05) is 36.4 Å². The molecule has 2 aromatic rings. The minimum absolute atomic E-state index is 0.0544. The van der Waals surface area contributed by atoms with Crippen LogP contribution >= 0.6 is 0 Å². The van der Waals surface area contributed by atoms with Gasteiger partial charge in [-0.2, -0.15) is 0 Å². The first kappa shape index (κ1) is 14.1. The van der Waals surface area contributed by atoms with Crippen molar-refractivity contribution in [2.75, 3.05) is 13.7 Å². The van der Waals surface area contributed by atoms with E-state index in [1.165, 1.54) is 5.56 Å². The molecule has 0 aliphatic heterocycles. The van der Waals surface area contributed by atoms with E-state index in [0.717, 1.165) is 23.3 Å². The minimum atomic E-state index is -0.301. The number of nitrogens with zero attached hydrogens (tertiary/aromatic N) is 1. The lowest BCUT2D eigenvalue weighted by Gasteiger charge is -2.10. The van der Waals surface area contributed by atoms with Gasteiger partial charge in [0.25, 0.3) is 0 Å². The molecule has 104 valence electrons. The zero-order valence-electron chi connectivity index (χ0n) is 11.4. The van der Waals surface area contributed by atoms with Gasteiger partial charge in [-0.1, -0.05) is 42.5 Å². The quantitative estimate of drug-likeness (QED) is 0.599. The molecule has 0 aliphatic rings. The average Bonchev–Trinajstić information content (AvgIpc) is 2.47. The van der Waals surface area contributed by atoms with Crippen LogP contribution in [0, 0.1) is 10.1 Å². The summed E-state index contributed by atoms with van der Waals surface area (Å²) in [5, 5.41) is 10.4. The highest BCUT2D eigenvalue weighted by Crippen LogP contribution is 2.23. The highest BCUT2D eigenvalue weighted by molar-refractivity contribution is 5.40. The van der Waals surface area contributed by atoms with Gasteiger partial charge in [0, 0.05) is 17.8 Å². The maximum absolute atomic E-state index is 10.4. The molecular weight excluding hydrogens is 254 g/mol. The van der Waals surface area contributed by atoms with Gasteiger partial charge in [0.15, 0.2) is 0 Å². The Balaban J connectivity index is 2.15. The molecule has 0 saturated heterocycles. The number of hydrogen-bond donors (Lipinski definition) is 0. The number of benzene rings is 2. The van der Waals surface area contributed by atoms with Crippen LogP contribution in [0.1, 0.15) is 16.7 Å². The molecule has 0 spiro atoms. The molecule has 4 nitrogen and oxygen atoms in total. The van der Waals surface area contributed by atoms with Crippen molar-refractivity contribution in [3.63, 3.8) is 0 Å². The lowest BCUT2D eigenvalue weighted by atomic mass is 10.0. The van der Waals surface area contributed by atoms with Gasteiger partial charge < -0.3 is 4.74 Å². The molecule has 0 heterocycles. The summed E-state index contributed by atoms with van der Waals surface area (Å²) in [5.74, 6) is 0.787. The number of rotatable bonds is 6. The second-order valence-electron chi connectivity index (χ2n) is 4.61. The van der Waals surface area contributed by atoms with Crippen LogP contribution in [0.2, 0.25) is 0 Å². The first-order valence-corrected chi connectivity index (χ1v) is 6.50. The minimum Gasteiger partial charge on any atom is -0.496 e. The number of ether oxygens (including phenoxy) is 1. The lowest BCUT2D eigenvalue weighted by molar-refractivity contribution is -0.479. The molecule has 0 bridgehead atoms. The molecule has 0 N–H and O–H groups in total. The normalized spacial score (nSPS) is 10.2. The molecule has 2 rings (SSSR count). The third-order valence-electron chi connectivity index (χ3n) is 3.17. The van der Waals surface area contributed by atoms with Crippen LogP contribution in [-0.2, 0) is 12.8 Å². The summed E-state index contributed by atoms with van der Waals surface area (Å²) in [6, 6.07) is 16.0. The van der Waals surface area contributed by atoms with Crippen molar-refractivity contribution in [2.45, 2.75) is 12.8 Å². The third kappa shape index (κ3) is 3.82. The molecular formula is C16H17NO3. The van der Waals surface area contributed by atoms with Crippen LogP contribution in [0.25, 0.3) is 0 Å². The smallest absolute Gasteiger partial charge is 0.207 e. The summed E-state index contributed by atoms with van der Waals surface area (Å²) in [7, 11) is 1.63. The van der Waals surface area contributed by atoms with Crippen molar-refractivity contribution in [1.29, 1.82) is 0 Å². The molecule has 0 radical (unpaired) electrons. The summed E-state index contributed by atoms with van der Waals surface area (Å²) in [4.78, 5) is 10.1. The second kappa shape index (κ2) is 6.70. The number of hydrogen-bond acceptors (Lipinski definition) is 3. The van der Waals surface area contributed by atoms with E-state index in [2.05, 4.69) is 12.1 Å². The van der Waals surface area contributed by atoms with Gasteiger partial charge in [-0.05, 0) is 22.8 Å². The van der Waals surface area contributed by atoms with Crippen LogP contribution in [0.5, 0.6) is 5.75 Å². The SMILES string of the molecule is COc1cc(CC[N+](=O)[O-])ccc1Cc1ccccc1. The van der Waals surface area contributed by atoms with E-state index in [4.69, 9.17) is 4.74 Å². The molecule has 0 fully saturated rings. The summed E-state index contributed by atoms with van der Waals surface area (Å²) in [5.41, 5.74) is 3.22. The zero-order valence-corrected chi connectivity index (χ0v) is 11.4. The lowest BCUT2D eigenvalue weighted by Crippen LogP contribution is -2.04. The molecule has 4 heteroatoms. The molecule has 20 heavy (non-hydrogen) atoms. The predicted molar refractivity (Wildman–Crippen MR) is 77.8 cm³/mol. The van der Waals surface area contributed by atoms with Crippen LogP contribution in [0.15, 0.2) is 48.5 Å². The fraction of sp³-hybridized carbons (Fsp3) is 0.250. The largest absolute Gasteiger partial charge is 0.496 e. The molecule has 0 atom stereocenters. The van der Waals surface area contributed by atoms with Gasteiger partial charge in [0.1, 0.15) is 5.75 Å². The van der Waals surface area contributed by atoms with E-state index in [-0.39, 0.29) is 11.5 Å². The van der Waals surface area contributed by atoms with Crippen molar-refractivity contribution >= 4 is 0 Å². The second-order valence-corrected chi connectivity index (χ2v) is 4.61.